The molecule has 0 aliphatic carbocycles. The second kappa shape index (κ2) is 6.53. The van der Waals surface area contributed by atoms with Crippen molar-refractivity contribution >= 4 is 5.91 Å². The first-order valence-electron chi connectivity index (χ1n) is 7.48. The molecule has 0 saturated heterocycles. The number of aromatic amines is 2. The van der Waals surface area contributed by atoms with Crippen LogP contribution in [0.3, 0.4) is 0 Å². The molecule has 0 aliphatic rings. The van der Waals surface area contributed by atoms with Crippen LogP contribution in [-0.4, -0.2) is 42.8 Å². The van der Waals surface area contributed by atoms with Crippen LogP contribution in [0.5, 0.6) is 0 Å². The van der Waals surface area contributed by atoms with E-state index in [9.17, 15) is 9.59 Å². The zero-order valence-corrected chi connectivity index (χ0v) is 13.5. The standard InChI is InChI=1S/C16H18N6O2/c1-21(10-14-17-16(24)19-18-14)15(23)12-9-22(2)20-13(12)8-11-6-4-3-5-7-11/h3-7,9H,8,10H2,1-2H3,(H2,17,18,19,24). The Balaban J connectivity index is 1.80. The fourth-order valence-electron chi connectivity index (χ4n) is 2.52. The zero-order valence-electron chi connectivity index (χ0n) is 13.5. The third kappa shape index (κ3) is 3.43. The third-order valence-electron chi connectivity index (χ3n) is 3.63. The highest BCUT2D eigenvalue weighted by Crippen LogP contribution is 2.15. The van der Waals surface area contributed by atoms with Gasteiger partial charge in [-0.2, -0.15) is 10.2 Å². The van der Waals surface area contributed by atoms with Crippen LogP contribution in [0, 0.1) is 0 Å². The highest BCUT2D eigenvalue weighted by Gasteiger charge is 2.20. The molecule has 0 aliphatic heterocycles. The molecule has 3 rings (SSSR count). The van der Waals surface area contributed by atoms with Crippen LogP contribution in [0.1, 0.15) is 27.4 Å². The lowest BCUT2D eigenvalue weighted by atomic mass is 10.1. The Morgan fingerprint density at radius 2 is 2.04 bits per heavy atom. The second-order valence-corrected chi connectivity index (χ2v) is 5.61. The number of aryl methyl sites for hydroxylation is 1. The van der Waals surface area contributed by atoms with E-state index in [2.05, 4.69) is 20.3 Å². The molecule has 0 atom stereocenters. The largest absolute Gasteiger partial charge is 0.340 e. The van der Waals surface area contributed by atoms with Crippen LogP contribution in [0.4, 0.5) is 0 Å². The van der Waals surface area contributed by atoms with Crippen molar-refractivity contribution in [2.24, 2.45) is 7.05 Å². The average molecular weight is 326 g/mol. The maximum absolute atomic E-state index is 12.7. The van der Waals surface area contributed by atoms with Gasteiger partial charge >= 0.3 is 5.69 Å². The molecular weight excluding hydrogens is 308 g/mol. The molecule has 8 nitrogen and oxygen atoms in total. The number of H-pyrrole nitrogens is 2. The number of rotatable bonds is 5. The van der Waals surface area contributed by atoms with E-state index in [0.29, 0.717) is 17.8 Å². The van der Waals surface area contributed by atoms with Crippen molar-refractivity contribution in [2.75, 3.05) is 7.05 Å². The van der Waals surface area contributed by atoms with E-state index < -0.39 is 5.69 Å². The Kier molecular flexibility index (Phi) is 4.28. The van der Waals surface area contributed by atoms with Crippen LogP contribution in [0.15, 0.2) is 41.3 Å². The van der Waals surface area contributed by atoms with Gasteiger partial charge in [0.1, 0.15) is 0 Å². The van der Waals surface area contributed by atoms with Gasteiger partial charge in [0, 0.05) is 26.7 Å². The van der Waals surface area contributed by atoms with Crippen molar-refractivity contribution in [1.29, 1.82) is 0 Å². The topological polar surface area (TPSA) is 99.7 Å². The van der Waals surface area contributed by atoms with E-state index in [1.807, 2.05) is 30.3 Å². The van der Waals surface area contributed by atoms with Gasteiger partial charge in [-0.15, -0.1) is 0 Å². The number of nitrogens with one attached hydrogen (secondary N) is 2. The molecule has 0 spiro atoms. The normalized spacial score (nSPS) is 10.8. The van der Waals surface area contributed by atoms with Crippen LogP contribution >= 0.6 is 0 Å². The Morgan fingerprint density at radius 3 is 2.71 bits per heavy atom. The molecule has 0 saturated carbocycles. The predicted molar refractivity (Wildman–Crippen MR) is 87.5 cm³/mol. The summed E-state index contributed by atoms with van der Waals surface area (Å²) in [7, 11) is 3.45. The number of hydrogen-bond donors (Lipinski definition) is 2. The van der Waals surface area contributed by atoms with E-state index in [0.717, 1.165) is 11.3 Å². The molecule has 3 aromatic rings. The first-order chi connectivity index (χ1) is 11.5. The quantitative estimate of drug-likeness (QED) is 0.720. The van der Waals surface area contributed by atoms with Crippen LogP contribution in [0.2, 0.25) is 0 Å². The second-order valence-electron chi connectivity index (χ2n) is 5.61. The number of hydrogen-bond acceptors (Lipinski definition) is 4. The monoisotopic (exact) mass is 326 g/mol. The van der Waals surface area contributed by atoms with E-state index in [1.165, 1.54) is 4.90 Å². The summed E-state index contributed by atoms with van der Waals surface area (Å²) in [4.78, 5) is 27.8. The molecule has 0 radical (unpaired) electrons. The van der Waals surface area contributed by atoms with Crippen LogP contribution in [0.25, 0.3) is 0 Å². The molecule has 2 N–H and O–H groups in total. The fourth-order valence-corrected chi connectivity index (χ4v) is 2.52. The summed E-state index contributed by atoms with van der Waals surface area (Å²) in [6.45, 7) is 0.206. The molecule has 0 fully saturated rings. The molecular formula is C16H18N6O2. The number of nitrogens with zero attached hydrogens (tertiary/aromatic N) is 4. The van der Waals surface area contributed by atoms with Gasteiger partial charge in [-0.3, -0.25) is 14.5 Å². The number of benzene rings is 1. The maximum Gasteiger partial charge on any atom is 0.340 e. The van der Waals surface area contributed by atoms with E-state index in [1.54, 1.807) is 25.0 Å². The van der Waals surface area contributed by atoms with Gasteiger partial charge in [-0.25, -0.2) is 9.89 Å². The van der Waals surface area contributed by atoms with Crippen molar-refractivity contribution < 1.29 is 4.79 Å². The smallest absolute Gasteiger partial charge is 0.334 e. The molecule has 124 valence electrons. The third-order valence-corrected chi connectivity index (χ3v) is 3.63. The Morgan fingerprint density at radius 1 is 1.29 bits per heavy atom. The predicted octanol–water partition coefficient (Wildman–Crippen LogP) is 0.694. The van der Waals surface area contributed by atoms with Gasteiger partial charge in [0.05, 0.1) is 17.8 Å². The van der Waals surface area contributed by atoms with Crippen molar-refractivity contribution in [3.63, 3.8) is 0 Å². The lowest BCUT2D eigenvalue weighted by molar-refractivity contribution is 0.0780. The molecule has 0 unspecified atom stereocenters. The fraction of sp³-hybridized carbons (Fsp3) is 0.250. The van der Waals surface area contributed by atoms with Crippen molar-refractivity contribution in [1.82, 2.24) is 29.9 Å². The van der Waals surface area contributed by atoms with Gasteiger partial charge < -0.3 is 4.90 Å². The summed E-state index contributed by atoms with van der Waals surface area (Å²) in [6, 6.07) is 9.87. The number of carbonyl (C=O) groups is 1. The SMILES string of the molecule is CN(Cc1n[nH]c(=O)[nH]1)C(=O)c1cn(C)nc1Cc1ccccc1. The summed E-state index contributed by atoms with van der Waals surface area (Å²) in [5, 5.41) is 10.5. The Hall–Kier alpha value is -3.16. The van der Waals surface area contributed by atoms with Gasteiger partial charge in [-0.1, -0.05) is 30.3 Å². The molecule has 0 bridgehead atoms. The maximum atomic E-state index is 12.7. The summed E-state index contributed by atoms with van der Waals surface area (Å²) >= 11 is 0. The summed E-state index contributed by atoms with van der Waals surface area (Å²) in [6.07, 6.45) is 2.29. The minimum Gasteiger partial charge on any atom is -0.334 e. The summed E-state index contributed by atoms with van der Waals surface area (Å²) in [5.41, 5.74) is 1.96. The molecule has 1 aromatic carbocycles. The molecule has 24 heavy (non-hydrogen) atoms. The Labute approximate surface area is 138 Å². The van der Waals surface area contributed by atoms with Crippen LogP contribution in [-0.2, 0) is 20.0 Å². The van der Waals surface area contributed by atoms with Crippen LogP contribution < -0.4 is 5.69 Å². The lowest BCUT2D eigenvalue weighted by Crippen LogP contribution is -2.27. The average Bonchev–Trinajstić information content (AvgIpc) is 3.13. The number of carbonyl (C=O) groups excluding carboxylic acids is 1. The van der Waals surface area contributed by atoms with Gasteiger partial charge in [0.2, 0.25) is 0 Å². The minimum atomic E-state index is -0.392. The lowest BCUT2D eigenvalue weighted by Gasteiger charge is -2.15. The van der Waals surface area contributed by atoms with Gasteiger partial charge in [-0.05, 0) is 5.56 Å². The summed E-state index contributed by atoms with van der Waals surface area (Å²) in [5.74, 6) is 0.238. The zero-order chi connectivity index (χ0) is 17.1. The summed E-state index contributed by atoms with van der Waals surface area (Å²) < 4.78 is 1.63. The Bertz CT molecular complexity index is 893. The number of amides is 1. The van der Waals surface area contributed by atoms with E-state index in [-0.39, 0.29) is 12.5 Å². The van der Waals surface area contributed by atoms with Crippen molar-refractivity contribution in [3.8, 4) is 0 Å². The highest BCUT2D eigenvalue weighted by atomic mass is 16.2. The van der Waals surface area contributed by atoms with Crippen molar-refractivity contribution in [3.05, 3.63) is 69.7 Å². The first-order valence-corrected chi connectivity index (χ1v) is 7.48. The minimum absolute atomic E-state index is 0.169. The molecule has 8 heteroatoms. The van der Waals surface area contributed by atoms with E-state index in [4.69, 9.17) is 0 Å². The highest BCUT2D eigenvalue weighted by molar-refractivity contribution is 5.95. The van der Waals surface area contributed by atoms with Gasteiger partial charge in [0.15, 0.2) is 5.82 Å². The number of aromatic nitrogens is 5. The van der Waals surface area contributed by atoms with Gasteiger partial charge in [0.25, 0.3) is 5.91 Å². The molecule has 2 heterocycles. The molecule has 2 aromatic heterocycles. The van der Waals surface area contributed by atoms with E-state index >= 15 is 0 Å². The molecule has 1 amide bonds. The first kappa shape index (κ1) is 15.7. The van der Waals surface area contributed by atoms with Crippen molar-refractivity contribution in [2.45, 2.75) is 13.0 Å².